The summed E-state index contributed by atoms with van der Waals surface area (Å²) in [5.41, 5.74) is -3.61. The topological polar surface area (TPSA) is 175 Å². The van der Waals surface area contributed by atoms with Gasteiger partial charge in [0, 0.05) is 35.2 Å². The Hall–Kier alpha value is -4.57. The lowest BCUT2D eigenvalue weighted by Gasteiger charge is -2.59. The molecule has 0 amide bonds. The van der Waals surface area contributed by atoms with E-state index in [-0.39, 0.29) is 60.7 Å². The number of ketones is 4. The van der Waals surface area contributed by atoms with Crippen LogP contribution in [0.4, 0.5) is 0 Å². The second-order valence-electron chi connectivity index (χ2n) is 13.9. The summed E-state index contributed by atoms with van der Waals surface area (Å²) in [5, 5.41) is 46.3. The number of benzene rings is 2. The quantitative estimate of drug-likeness (QED) is 0.224. The van der Waals surface area contributed by atoms with E-state index in [0.717, 1.165) is 12.5 Å². The van der Waals surface area contributed by atoms with Gasteiger partial charge in [-0.15, -0.1) is 0 Å². The van der Waals surface area contributed by atoms with Crippen LogP contribution in [0.25, 0.3) is 11.1 Å². The molecule has 0 aliphatic heterocycles. The van der Waals surface area contributed by atoms with Crippen molar-refractivity contribution < 1.29 is 49.1 Å². The number of allylic oxidation sites excluding steroid dienone is 2. The number of carbonyl (C=O) groups excluding carboxylic acids is 5. The number of esters is 1. The summed E-state index contributed by atoms with van der Waals surface area (Å²) in [6, 6.07) is 10.2. The summed E-state index contributed by atoms with van der Waals surface area (Å²) in [4.78, 5) is 64.5. The lowest BCUT2D eigenvalue weighted by molar-refractivity contribution is -0.171. The SMILES string of the molecule is COC(=O)CCC(=O)Cc1ccc(-c2ccc(O)c3c2C[C@]2(C)C[C@]4(C)C(C(C)C)C(O)=C(C(C)=O)C(=O)[C@]4(O)C(O)=C2C3=O)cc1. The first-order chi connectivity index (χ1) is 21.9. The highest BCUT2D eigenvalue weighted by Crippen LogP contribution is 2.65. The number of phenols is 1. The molecule has 0 bridgehead atoms. The zero-order chi connectivity index (χ0) is 34.8. The van der Waals surface area contributed by atoms with Crippen molar-refractivity contribution in [2.45, 2.75) is 72.3 Å². The van der Waals surface area contributed by atoms with Crippen LogP contribution in [0.2, 0.25) is 0 Å². The second kappa shape index (κ2) is 11.6. The van der Waals surface area contributed by atoms with Crippen LogP contribution in [0.1, 0.15) is 75.4 Å². The van der Waals surface area contributed by atoms with Crippen molar-refractivity contribution in [2.24, 2.45) is 22.7 Å². The van der Waals surface area contributed by atoms with Gasteiger partial charge in [0.15, 0.2) is 17.2 Å². The molecule has 3 aliphatic carbocycles. The highest BCUT2D eigenvalue weighted by Gasteiger charge is 2.71. The van der Waals surface area contributed by atoms with Gasteiger partial charge < -0.3 is 25.2 Å². The number of aliphatic hydroxyl groups is 3. The van der Waals surface area contributed by atoms with Crippen LogP contribution in [0, 0.1) is 22.7 Å². The number of fused-ring (bicyclic) bond motifs is 3. The highest BCUT2D eigenvalue weighted by atomic mass is 16.5. The average Bonchev–Trinajstić information content (AvgIpc) is 2.98. The third-order valence-electron chi connectivity index (χ3n) is 10.4. The van der Waals surface area contributed by atoms with Crippen molar-refractivity contribution in [2.75, 3.05) is 7.11 Å². The van der Waals surface area contributed by atoms with Gasteiger partial charge in [-0.2, -0.15) is 0 Å². The zero-order valence-electron chi connectivity index (χ0n) is 27.4. The first kappa shape index (κ1) is 33.8. The summed E-state index contributed by atoms with van der Waals surface area (Å²) in [6.45, 7) is 8.01. The molecule has 0 heterocycles. The molecule has 0 spiro atoms. The van der Waals surface area contributed by atoms with Crippen LogP contribution >= 0.6 is 0 Å². The number of ether oxygens (including phenoxy) is 1. The van der Waals surface area contributed by atoms with E-state index < -0.39 is 62.8 Å². The molecule has 4 N–H and O–H groups in total. The Kier molecular flexibility index (Phi) is 8.33. The molecular formula is C37H40O10. The maximum absolute atomic E-state index is 14.3. The van der Waals surface area contributed by atoms with Crippen LogP contribution in [-0.4, -0.2) is 62.2 Å². The third-order valence-corrected chi connectivity index (χ3v) is 10.4. The number of aliphatic hydroxyl groups excluding tert-OH is 2. The Bertz CT molecular complexity index is 1800. The molecule has 248 valence electrons. The minimum absolute atomic E-state index is 0.00215. The van der Waals surface area contributed by atoms with Crippen LogP contribution in [0.5, 0.6) is 5.75 Å². The summed E-state index contributed by atoms with van der Waals surface area (Å²) < 4.78 is 4.59. The number of rotatable bonds is 8. The lowest BCUT2D eigenvalue weighted by atomic mass is 9.44. The molecule has 47 heavy (non-hydrogen) atoms. The lowest BCUT2D eigenvalue weighted by Crippen LogP contribution is -2.67. The van der Waals surface area contributed by atoms with E-state index in [1.54, 1.807) is 58.0 Å². The van der Waals surface area contributed by atoms with Gasteiger partial charge in [0.25, 0.3) is 0 Å². The number of methoxy groups -OCH3 is 1. The number of hydrogen-bond acceptors (Lipinski definition) is 10. The molecule has 0 aromatic heterocycles. The van der Waals surface area contributed by atoms with Crippen LogP contribution in [0.15, 0.2) is 59.1 Å². The molecule has 0 saturated carbocycles. The highest BCUT2D eigenvalue weighted by molar-refractivity contribution is 6.25. The van der Waals surface area contributed by atoms with Gasteiger partial charge in [-0.1, -0.05) is 58.0 Å². The Morgan fingerprint density at radius 1 is 0.979 bits per heavy atom. The Labute approximate surface area is 272 Å². The molecule has 4 atom stereocenters. The molecule has 0 saturated heterocycles. The second-order valence-corrected chi connectivity index (χ2v) is 13.9. The molecule has 2 aromatic rings. The number of carbonyl (C=O) groups is 5. The molecule has 10 nitrogen and oxygen atoms in total. The van der Waals surface area contributed by atoms with Gasteiger partial charge in [0.2, 0.25) is 5.78 Å². The number of phenolic OH excluding ortho intramolecular Hbond substituents is 1. The largest absolute Gasteiger partial charge is 0.511 e. The standard InChI is InChI=1S/C37H40O10/c1-18(2)29-31(42)27(19(3)38)33(44)37(46)34(45)30-32(43)28-24(16-35(30,4)17-36(29,37)5)23(12-13-25(28)40)21-9-7-20(8-10-21)15-22(39)11-14-26(41)47-6/h7-10,12-13,18,29,40,42,45-46H,11,14-17H2,1-6H3/t29?,35-,36-,37+/m1/s1. The molecule has 10 heteroatoms. The van der Waals surface area contributed by atoms with E-state index in [1.165, 1.54) is 13.2 Å². The summed E-state index contributed by atoms with van der Waals surface area (Å²) in [6.07, 6.45) is 0.317. The van der Waals surface area contributed by atoms with E-state index in [0.29, 0.717) is 16.7 Å². The molecule has 3 aliphatic rings. The van der Waals surface area contributed by atoms with Gasteiger partial charge in [-0.3, -0.25) is 24.0 Å². The Morgan fingerprint density at radius 3 is 2.19 bits per heavy atom. The van der Waals surface area contributed by atoms with Gasteiger partial charge >= 0.3 is 5.97 Å². The van der Waals surface area contributed by atoms with E-state index in [9.17, 15) is 44.4 Å². The van der Waals surface area contributed by atoms with Crippen molar-refractivity contribution >= 4 is 29.1 Å². The van der Waals surface area contributed by atoms with E-state index >= 15 is 0 Å². The number of Topliss-reactive ketones (excluding diaryl/α,β-unsaturated/α-hetero) is 4. The maximum Gasteiger partial charge on any atom is 0.305 e. The van der Waals surface area contributed by atoms with Gasteiger partial charge in [0.05, 0.1) is 19.1 Å². The summed E-state index contributed by atoms with van der Waals surface area (Å²) in [7, 11) is 1.27. The van der Waals surface area contributed by atoms with Crippen molar-refractivity contribution in [3.8, 4) is 16.9 Å². The van der Waals surface area contributed by atoms with Gasteiger partial charge in [-0.25, -0.2) is 0 Å². The third kappa shape index (κ3) is 5.01. The van der Waals surface area contributed by atoms with Crippen LogP contribution in [0.3, 0.4) is 0 Å². The fourth-order valence-corrected chi connectivity index (χ4v) is 8.46. The molecular weight excluding hydrogens is 604 g/mol. The predicted molar refractivity (Wildman–Crippen MR) is 171 cm³/mol. The van der Waals surface area contributed by atoms with E-state index in [1.807, 2.05) is 0 Å². The monoisotopic (exact) mass is 644 g/mol. The van der Waals surface area contributed by atoms with Crippen molar-refractivity contribution in [1.29, 1.82) is 0 Å². The Morgan fingerprint density at radius 2 is 1.62 bits per heavy atom. The van der Waals surface area contributed by atoms with Gasteiger partial charge in [-0.05, 0) is 54.0 Å². The summed E-state index contributed by atoms with van der Waals surface area (Å²) >= 11 is 0. The van der Waals surface area contributed by atoms with Gasteiger partial charge in [0.1, 0.15) is 28.6 Å². The van der Waals surface area contributed by atoms with E-state index in [2.05, 4.69) is 4.74 Å². The number of aromatic hydroxyl groups is 1. The van der Waals surface area contributed by atoms with Crippen molar-refractivity contribution in [1.82, 2.24) is 0 Å². The molecule has 0 radical (unpaired) electrons. The minimum atomic E-state index is -2.67. The number of hydrogen-bond donors (Lipinski definition) is 4. The maximum atomic E-state index is 14.3. The van der Waals surface area contributed by atoms with Crippen molar-refractivity contribution in [3.05, 3.63) is 75.8 Å². The molecule has 5 rings (SSSR count). The smallest absolute Gasteiger partial charge is 0.305 e. The fourth-order valence-electron chi connectivity index (χ4n) is 8.46. The predicted octanol–water partition coefficient (Wildman–Crippen LogP) is 5.08. The van der Waals surface area contributed by atoms with Crippen molar-refractivity contribution in [3.63, 3.8) is 0 Å². The molecule has 2 aromatic carbocycles. The Balaban J connectivity index is 1.60. The average molecular weight is 645 g/mol. The molecule has 0 fully saturated rings. The first-order valence-electron chi connectivity index (χ1n) is 15.7. The first-order valence-corrected chi connectivity index (χ1v) is 15.7. The van der Waals surface area contributed by atoms with E-state index in [4.69, 9.17) is 0 Å². The zero-order valence-corrected chi connectivity index (χ0v) is 27.4. The minimum Gasteiger partial charge on any atom is -0.511 e. The molecule has 1 unspecified atom stereocenters. The van der Waals surface area contributed by atoms with Crippen LogP contribution in [-0.2, 0) is 36.8 Å². The fraction of sp³-hybridized carbons (Fsp3) is 0.432. The van der Waals surface area contributed by atoms with Crippen LogP contribution < -0.4 is 0 Å². The normalized spacial score (nSPS) is 26.9. The summed E-state index contributed by atoms with van der Waals surface area (Å²) in [5.74, 6) is -6.16.